The molecule has 0 saturated heterocycles. The van der Waals surface area contributed by atoms with E-state index in [9.17, 15) is 18.4 Å². The van der Waals surface area contributed by atoms with Gasteiger partial charge < -0.3 is 15.3 Å². The number of carboxylic acids is 1. The molecule has 2 N–H and O–H groups in total. The van der Waals surface area contributed by atoms with Crippen LogP contribution < -0.4 is 5.32 Å². The van der Waals surface area contributed by atoms with Crippen LogP contribution in [0.1, 0.15) is 24.8 Å². The van der Waals surface area contributed by atoms with Crippen molar-refractivity contribution in [2.24, 2.45) is 0 Å². The van der Waals surface area contributed by atoms with Crippen molar-refractivity contribution in [1.29, 1.82) is 0 Å². The highest BCUT2D eigenvalue weighted by Gasteiger charge is 2.32. The van der Waals surface area contributed by atoms with Crippen molar-refractivity contribution in [3.63, 3.8) is 0 Å². The van der Waals surface area contributed by atoms with Gasteiger partial charge in [0, 0.05) is 30.8 Å². The van der Waals surface area contributed by atoms with Crippen LogP contribution in [-0.2, 0) is 11.3 Å². The van der Waals surface area contributed by atoms with E-state index in [1.165, 1.54) is 11.0 Å². The monoisotopic (exact) mass is 298 g/mol. The van der Waals surface area contributed by atoms with Gasteiger partial charge >= 0.3 is 12.0 Å². The minimum absolute atomic E-state index is 0.0578. The molecule has 0 spiro atoms. The lowest BCUT2D eigenvalue weighted by molar-refractivity contribution is -0.137. The number of carboxylic acid groups (broad SMARTS) is 1. The number of carbonyl (C=O) groups is 2. The van der Waals surface area contributed by atoms with E-state index < -0.39 is 23.6 Å². The van der Waals surface area contributed by atoms with Gasteiger partial charge in [0.1, 0.15) is 11.6 Å². The molecular formula is C14H16F2N2O3. The molecular weight excluding hydrogens is 282 g/mol. The Balaban J connectivity index is 1.91. The van der Waals surface area contributed by atoms with Crippen molar-refractivity contribution in [3.05, 3.63) is 35.4 Å². The van der Waals surface area contributed by atoms with Crippen LogP contribution in [0.25, 0.3) is 0 Å². The molecule has 2 amide bonds. The highest BCUT2D eigenvalue weighted by Crippen LogP contribution is 2.27. The largest absolute Gasteiger partial charge is 0.481 e. The molecule has 1 aromatic carbocycles. The van der Waals surface area contributed by atoms with E-state index in [1.807, 2.05) is 0 Å². The average molecular weight is 298 g/mol. The number of aliphatic carboxylic acids is 1. The second-order valence-electron chi connectivity index (χ2n) is 4.96. The Labute approximate surface area is 120 Å². The number of hydrogen-bond donors (Lipinski definition) is 2. The van der Waals surface area contributed by atoms with Crippen LogP contribution in [-0.4, -0.2) is 34.6 Å². The van der Waals surface area contributed by atoms with Crippen LogP contribution in [0, 0.1) is 11.6 Å². The van der Waals surface area contributed by atoms with E-state index >= 15 is 0 Å². The lowest BCUT2D eigenvalue weighted by Gasteiger charge is -2.22. The minimum atomic E-state index is -0.974. The molecule has 0 atom stereocenters. The predicted octanol–water partition coefficient (Wildman–Crippen LogP) is 2.11. The summed E-state index contributed by atoms with van der Waals surface area (Å²) >= 11 is 0. The number of carbonyl (C=O) groups excluding carboxylic acids is 1. The third kappa shape index (κ3) is 4.40. The van der Waals surface area contributed by atoms with Gasteiger partial charge in [-0.05, 0) is 18.9 Å². The van der Waals surface area contributed by atoms with Gasteiger partial charge in [0.15, 0.2) is 0 Å². The summed E-state index contributed by atoms with van der Waals surface area (Å²) in [6.45, 7) is 0.0545. The number of urea groups is 1. The Morgan fingerprint density at radius 2 is 2.05 bits per heavy atom. The maximum Gasteiger partial charge on any atom is 0.317 e. The summed E-state index contributed by atoms with van der Waals surface area (Å²) in [5, 5.41) is 11.2. The maximum absolute atomic E-state index is 13.4. The number of nitrogens with zero attached hydrogens (tertiary/aromatic N) is 1. The number of nitrogens with one attached hydrogen (secondary N) is 1. The second-order valence-corrected chi connectivity index (χ2v) is 4.96. The molecule has 2 rings (SSSR count). The topological polar surface area (TPSA) is 69.6 Å². The molecule has 0 unspecified atom stereocenters. The zero-order chi connectivity index (χ0) is 15.4. The molecule has 5 nitrogen and oxygen atoms in total. The summed E-state index contributed by atoms with van der Waals surface area (Å²) in [4.78, 5) is 24.0. The maximum atomic E-state index is 13.4. The molecule has 7 heteroatoms. The zero-order valence-corrected chi connectivity index (χ0v) is 11.3. The smallest absolute Gasteiger partial charge is 0.317 e. The fourth-order valence-corrected chi connectivity index (χ4v) is 1.99. The van der Waals surface area contributed by atoms with Crippen molar-refractivity contribution < 1.29 is 23.5 Å². The highest BCUT2D eigenvalue weighted by molar-refractivity contribution is 5.76. The molecule has 1 fully saturated rings. The first-order valence-electron chi connectivity index (χ1n) is 6.67. The second kappa shape index (κ2) is 6.51. The van der Waals surface area contributed by atoms with E-state index in [2.05, 4.69) is 5.32 Å². The van der Waals surface area contributed by atoms with Crippen molar-refractivity contribution >= 4 is 12.0 Å². The van der Waals surface area contributed by atoms with Gasteiger partial charge in [-0.1, -0.05) is 6.07 Å². The molecule has 21 heavy (non-hydrogen) atoms. The average Bonchev–Trinajstić information content (AvgIpc) is 3.22. The fraction of sp³-hybridized carbons (Fsp3) is 0.429. The minimum Gasteiger partial charge on any atom is -0.481 e. The predicted molar refractivity (Wildman–Crippen MR) is 70.6 cm³/mol. The molecule has 0 heterocycles. The van der Waals surface area contributed by atoms with Crippen molar-refractivity contribution in [3.8, 4) is 0 Å². The highest BCUT2D eigenvalue weighted by atomic mass is 19.1. The van der Waals surface area contributed by atoms with E-state index in [0.717, 1.165) is 25.0 Å². The van der Waals surface area contributed by atoms with E-state index in [4.69, 9.17) is 5.11 Å². The number of benzene rings is 1. The summed E-state index contributed by atoms with van der Waals surface area (Å²) in [5.74, 6) is -2.37. The number of amides is 2. The van der Waals surface area contributed by atoms with Gasteiger partial charge in [0.25, 0.3) is 0 Å². The lowest BCUT2D eigenvalue weighted by Crippen LogP contribution is -2.42. The summed E-state index contributed by atoms with van der Waals surface area (Å²) in [7, 11) is 0. The van der Waals surface area contributed by atoms with Crippen molar-refractivity contribution in [2.75, 3.05) is 6.54 Å². The molecule has 1 aliphatic rings. The molecule has 0 radical (unpaired) electrons. The van der Waals surface area contributed by atoms with Gasteiger partial charge in [-0.3, -0.25) is 4.79 Å². The van der Waals surface area contributed by atoms with E-state index in [0.29, 0.717) is 0 Å². The Kier molecular flexibility index (Phi) is 4.72. The molecule has 1 saturated carbocycles. The number of rotatable bonds is 6. The Morgan fingerprint density at radius 3 is 2.62 bits per heavy atom. The summed E-state index contributed by atoms with van der Waals surface area (Å²) in [6, 6.07) is 2.77. The first-order valence-corrected chi connectivity index (χ1v) is 6.67. The van der Waals surface area contributed by atoms with E-state index in [1.54, 1.807) is 0 Å². The first-order chi connectivity index (χ1) is 9.97. The molecule has 1 aromatic rings. The summed E-state index contributed by atoms with van der Waals surface area (Å²) < 4.78 is 26.2. The number of hydrogen-bond acceptors (Lipinski definition) is 2. The molecule has 0 bridgehead atoms. The van der Waals surface area contributed by atoms with E-state index in [-0.39, 0.29) is 31.1 Å². The van der Waals surface area contributed by atoms with Gasteiger partial charge in [0.2, 0.25) is 0 Å². The van der Waals surface area contributed by atoms with Gasteiger partial charge in [-0.15, -0.1) is 0 Å². The van der Waals surface area contributed by atoms with Crippen molar-refractivity contribution in [2.45, 2.75) is 31.8 Å². The normalized spacial score (nSPS) is 13.8. The van der Waals surface area contributed by atoms with Crippen molar-refractivity contribution in [1.82, 2.24) is 10.2 Å². The van der Waals surface area contributed by atoms with Crippen LogP contribution in [0.15, 0.2) is 18.2 Å². The summed E-state index contributed by atoms with van der Waals surface area (Å²) in [5.41, 5.74) is 0.179. The molecule has 0 aliphatic heterocycles. The summed E-state index contributed by atoms with van der Waals surface area (Å²) in [6.07, 6.45) is 1.56. The van der Waals surface area contributed by atoms with Crippen LogP contribution in [0.2, 0.25) is 0 Å². The zero-order valence-electron chi connectivity index (χ0n) is 11.3. The molecule has 0 aromatic heterocycles. The Bertz CT molecular complexity index is 547. The third-order valence-electron chi connectivity index (χ3n) is 3.26. The van der Waals surface area contributed by atoms with Gasteiger partial charge in [0.05, 0.1) is 6.42 Å². The van der Waals surface area contributed by atoms with Gasteiger partial charge in [-0.2, -0.15) is 0 Å². The third-order valence-corrected chi connectivity index (χ3v) is 3.26. The van der Waals surface area contributed by atoms with Crippen LogP contribution in [0.3, 0.4) is 0 Å². The quantitative estimate of drug-likeness (QED) is 0.845. The SMILES string of the molecule is O=C(O)CCN(C(=O)NCc1ccc(F)cc1F)C1CC1. The van der Waals surface area contributed by atoms with Crippen LogP contribution in [0.4, 0.5) is 13.6 Å². The van der Waals surface area contributed by atoms with Crippen LogP contribution in [0.5, 0.6) is 0 Å². The Hall–Kier alpha value is -2.18. The number of halogens is 2. The standard InChI is InChI=1S/C14H16F2N2O3/c15-10-2-1-9(12(16)7-10)8-17-14(21)18(11-3-4-11)6-5-13(19)20/h1-2,7,11H,3-6,8H2,(H,17,21)(H,19,20). The fourth-order valence-electron chi connectivity index (χ4n) is 1.99. The molecule has 1 aliphatic carbocycles. The molecule has 114 valence electrons. The Morgan fingerprint density at radius 1 is 1.33 bits per heavy atom. The lowest BCUT2D eigenvalue weighted by atomic mass is 10.2. The first kappa shape index (κ1) is 15.2. The van der Waals surface area contributed by atoms with Gasteiger partial charge in [-0.25, -0.2) is 13.6 Å². The van der Waals surface area contributed by atoms with Crippen LogP contribution >= 0.6 is 0 Å².